The summed E-state index contributed by atoms with van der Waals surface area (Å²) in [6, 6.07) is 11.3. The van der Waals surface area contributed by atoms with E-state index in [0.717, 1.165) is 5.75 Å². The van der Waals surface area contributed by atoms with E-state index in [1.54, 1.807) is 6.92 Å². The fourth-order valence-corrected chi connectivity index (χ4v) is 1.52. The summed E-state index contributed by atoms with van der Waals surface area (Å²) >= 11 is 0. The summed E-state index contributed by atoms with van der Waals surface area (Å²) in [5.41, 5.74) is 6.56. The number of benzene rings is 1. The number of aromatic nitrogens is 2. The smallest absolute Gasteiger partial charge is 0.168 e. The van der Waals surface area contributed by atoms with E-state index in [2.05, 4.69) is 9.97 Å². The Morgan fingerprint density at radius 1 is 1.28 bits per heavy atom. The zero-order chi connectivity index (χ0) is 13.0. The predicted octanol–water partition coefficient (Wildman–Crippen LogP) is 1.82. The maximum absolute atomic E-state index is 8.86. The van der Waals surface area contributed by atoms with Crippen LogP contribution in [0.1, 0.15) is 17.1 Å². The van der Waals surface area contributed by atoms with Gasteiger partial charge in [0.05, 0.1) is 5.69 Å². The quantitative estimate of drug-likeness (QED) is 0.884. The van der Waals surface area contributed by atoms with Crippen LogP contribution in [0.4, 0.5) is 5.82 Å². The Morgan fingerprint density at radius 2 is 2.00 bits per heavy atom. The fraction of sp³-hybridized carbons (Fsp3) is 0.154. The van der Waals surface area contributed by atoms with Gasteiger partial charge in [0.1, 0.15) is 29.8 Å². The highest BCUT2D eigenvalue weighted by Gasteiger charge is 2.08. The van der Waals surface area contributed by atoms with Crippen LogP contribution in [0.2, 0.25) is 0 Å². The maximum Gasteiger partial charge on any atom is 0.168 e. The molecule has 0 amide bonds. The largest absolute Gasteiger partial charge is 0.486 e. The molecule has 0 fully saturated rings. The molecule has 1 aromatic carbocycles. The van der Waals surface area contributed by atoms with E-state index >= 15 is 0 Å². The van der Waals surface area contributed by atoms with Crippen LogP contribution < -0.4 is 10.5 Å². The number of nitrogen functional groups attached to an aromatic ring is 1. The zero-order valence-corrected chi connectivity index (χ0v) is 9.92. The van der Waals surface area contributed by atoms with Gasteiger partial charge in [-0.1, -0.05) is 18.2 Å². The monoisotopic (exact) mass is 240 g/mol. The third-order valence-electron chi connectivity index (χ3n) is 2.39. The third-order valence-corrected chi connectivity index (χ3v) is 2.39. The molecular weight excluding hydrogens is 228 g/mol. The summed E-state index contributed by atoms with van der Waals surface area (Å²) in [6.07, 6.45) is 0. The molecule has 5 nitrogen and oxygen atoms in total. The highest BCUT2D eigenvalue weighted by Crippen LogP contribution is 2.14. The SMILES string of the molecule is Cc1nc(COc2ccccc2)nc(N)c1C#N. The van der Waals surface area contributed by atoms with Crippen molar-refractivity contribution in [3.05, 3.63) is 47.4 Å². The Balaban J connectivity index is 2.14. The number of aryl methyl sites for hydroxylation is 1. The van der Waals surface area contributed by atoms with Crippen LogP contribution in [0, 0.1) is 18.3 Å². The van der Waals surface area contributed by atoms with Crippen LogP contribution in [0.5, 0.6) is 5.75 Å². The second-order valence-electron chi connectivity index (χ2n) is 3.70. The summed E-state index contributed by atoms with van der Waals surface area (Å²) in [7, 11) is 0. The van der Waals surface area contributed by atoms with Crippen molar-refractivity contribution in [2.45, 2.75) is 13.5 Å². The number of nitriles is 1. The standard InChI is InChI=1S/C13H12N4O/c1-9-11(7-14)13(15)17-12(16-9)8-18-10-5-3-2-4-6-10/h2-6H,8H2,1H3,(H2,15,16,17). The molecule has 5 heteroatoms. The molecule has 0 radical (unpaired) electrons. The summed E-state index contributed by atoms with van der Waals surface area (Å²) < 4.78 is 5.51. The number of nitrogens with zero attached hydrogens (tertiary/aromatic N) is 3. The van der Waals surface area contributed by atoms with Crippen LogP contribution in [0.25, 0.3) is 0 Å². The first kappa shape index (κ1) is 11.9. The Hall–Kier alpha value is -2.61. The first-order valence-electron chi connectivity index (χ1n) is 5.41. The molecule has 0 bridgehead atoms. The van der Waals surface area contributed by atoms with Gasteiger partial charge < -0.3 is 10.5 Å². The number of rotatable bonds is 3. The molecule has 0 aliphatic rings. The van der Waals surface area contributed by atoms with E-state index in [1.165, 1.54) is 0 Å². The number of anilines is 1. The van der Waals surface area contributed by atoms with Gasteiger partial charge in [0.2, 0.25) is 0 Å². The number of ether oxygens (including phenoxy) is 1. The molecule has 18 heavy (non-hydrogen) atoms. The van der Waals surface area contributed by atoms with Gasteiger partial charge >= 0.3 is 0 Å². The van der Waals surface area contributed by atoms with Crippen molar-refractivity contribution < 1.29 is 4.74 Å². The van der Waals surface area contributed by atoms with Gasteiger partial charge in [0.15, 0.2) is 5.82 Å². The van der Waals surface area contributed by atoms with E-state index in [9.17, 15) is 0 Å². The Morgan fingerprint density at radius 3 is 2.61 bits per heavy atom. The molecule has 0 unspecified atom stereocenters. The van der Waals surface area contributed by atoms with Gasteiger partial charge in [0, 0.05) is 0 Å². The molecule has 0 saturated heterocycles. The predicted molar refractivity (Wildman–Crippen MR) is 66.7 cm³/mol. The Labute approximate surface area is 105 Å². The second-order valence-corrected chi connectivity index (χ2v) is 3.70. The molecule has 90 valence electrons. The third kappa shape index (κ3) is 2.55. The van der Waals surface area contributed by atoms with Crippen LogP contribution >= 0.6 is 0 Å². The van der Waals surface area contributed by atoms with E-state index in [1.807, 2.05) is 36.4 Å². The lowest BCUT2D eigenvalue weighted by atomic mass is 10.2. The Kier molecular flexibility index (Phi) is 3.39. The molecule has 2 aromatic rings. The fourth-order valence-electron chi connectivity index (χ4n) is 1.52. The zero-order valence-electron chi connectivity index (χ0n) is 9.92. The van der Waals surface area contributed by atoms with Crippen molar-refractivity contribution in [1.29, 1.82) is 5.26 Å². The summed E-state index contributed by atoms with van der Waals surface area (Å²) in [5, 5.41) is 8.86. The normalized spacial score (nSPS) is 9.78. The summed E-state index contributed by atoms with van der Waals surface area (Å²) in [4.78, 5) is 8.22. The minimum absolute atomic E-state index is 0.191. The van der Waals surface area contributed by atoms with Gasteiger partial charge in [-0.2, -0.15) is 5.26 Å². The first-order valence-corrected chi connectivity index (χ1v) is 5.41. The molecule has 0 aliphatic heterocycles. The number of nitrogens with two attached hydrogens (primary N) is 1. The van der Waals surface area contributed by atoms with Gasteiger partial charge in [0.25, 0.3) is 0 Å². The molecule has 0 spiro atoms. The lowest BCUT2D eigenvalue weighted by Crippen LogP contribution is -2.08. The molecule has 2 N–H and O–H groups in total. The molecule has 1 heterocycles. The highest BCUT2D eigenvalue weighted by atomic mass is 16.5. The molecule has 2 rings (SSSR count). The minimum atomic E-state index is 0.191. The summed E-state index contributed by atoms with van der Waals surface area (Å²) in [6.45, 7) is 1.95. The molecule has 0 saturated carbocycles. The van der Waals surface area contributed by atoms with Crippen molar-refractivity contribution >= 4 is 5.82 Å². The Bertz CT molecular complexity index is 567. The van der Waals surface area contributed by atoms with Crippen molar-refractivity contribution in [2.24, 2.45) is 0 Å². The number of hydrogen-bond donors (Lipinski definition) is 1. The minimum Gasteiger partial charge on any atom is -0.486 e. The maximum atomic E-state index is 8.86. The number of para-hydroxylation sites is 1. The highest BCUT2D eigenvalue weighted by molar-refractivity contribution is 5.50. The second kappa shape index (κ2) is 5.15. The molecule has 0 atom stereocenters. The lowest BCUT2D eigenvalue weighted by Gasteiger charge is -2.07. The van der Waals surface area contributed by atoms with Gasteiger partial charge in [-0.25, -0.2) is 9.97 Å². The van der Waals surface area contributed by atoms with E-state index < -0.39 is 0 Å². The molecule has 1 aromatic heterocycles. The van der Waals surface area contributed by atoms with Crippen LogP contribution in [0.15, 0.2) is 30.3 Å². The van der Waals surface area contributed by atoms with Gasteiger partial charge in [-0.15, -0.1) is 0 Å². The molecular formula is C13H12N4O. The molecule has 0 aliphatic carbocycles. The van der Waals surface area contributed by atoms with Crippen LogP contribution in [-0.2, 0) is 6.61 Å². The average Bonchev–Trinajstić information content (AvgIpc) is 2.37. The van der Waals surface area contributed by atoms with Gasteiger partial charge in [-0.3, -0.25) is 0 Å². The van der Waals surface area contributed by atoms with Crippen LogP contribution in [0.3, 0.4) is 0 Å². The topological polar surface area (TPSA) is 84.8 Å². The number of hydrogen-bond acceptors (Lipinski definition) is 5. The van der Waals surface area contributed by atoms with Crippen LogP contribution in [-0.4, -0.2) is 9.97 Å². The van der Waals surface area contributed by atoms with E-state index in [0.29, 0.717) is 17.1 Å². The summed E-state index contributed by atoms with van der Waals surface area (Å²) in [5.74, 6) is 1.39. The lowest BCUT2D eigenvalue weighted by molar-refractivity contribution is 0.295. The van der Waals surface area contributed by atoms with Crippen molar-refractivity contribution in [2.75, 3.05) is 5.73 Å². The van der Waals surface area contributed by atoms with Crippen molar-refractivity contribution in [3.63, 3.8) is 0 Å². The van der Waals surface area contributed by atoms with Crippen molar-refractivity contribution in [1.82, 2.24) is 9.97 Å². The van der Waals surface area contributed by atoms with E-state index in [-0.39, 0.29) is 12.4 Å². The van der Waals surface area contributed by atoms with Gasteiger partial charge in [-0.05, 0) is 19.1 Å². The first-order chi connectivity index (χ1) is 8.70. The van der Waals surface area contributed by atoms with Crippen molar-refractivity contribution in [3.8, 4) is 11.8 Å². The average molecular weight is 240 g/mol. The van der Waals surface area contributed by atoms with E-state index in [4.69, 9.17) is 15.7 Å².